The van der Waals surface area contributed by atoms with Gasteiger partial charge in [-0.25, -0.2) is 0 Å². The van der Waals surface area contributed by atoms with Crippen molar-refractivity contribution in [2.24, 2.45) is 0 Å². The van der Waals surface area contributed by atoms with E-state index < -0.39 is 0 Å². The van der Waals surface area contributed by atoms with Crippen LogP contribution in [0.4, 0.5) is 11.4 Å². The lowest BCUT2D eigenvalue weighted by molar-refractivity contribution is 0.0718. The van der Waals surface area contributed by atoms with Crippen molar-refractivity contribution in [1.82, 2.24) is 9.88 Å². The van der Waals surface area contributed by atoms with Gasteiger partial charge in [0.2, 0.25) is 0 Å². The lowest BCUT2D eigenvalue weighted by Gasteiger charge is -2.26. The van der Waals surface area contributed by atoms with E-state index in [2.05, 4.69) is 32.3 Å². The molecule has 0 aliphatic carbocycles. The van der Waals surface area contributed by atoms with Crippen LogP contribution in [-0.4, -0.2) is 28.9 Å². The summed E-state index contributed by atoms with van der Waals surface area (Å²) >= 11 is 3.50. The molecule has 1 amide bonds. The molecule has 0 spiro atoms. The van der Waals surface area contributed by atoms with Crippen LogP contribution < -0.4 is 5.32 Å². The van der Waals surface area contributed by atoms with Gasteiger partial charge in [0.05, 0.1) is 0 Å². The molecule has 1 fully saturated rings. The summed E-state index contributed by atoms with van der Waals surface area (Å²) in [4.78, 5) is 18.7. The zero-order valence-corrected chi connectivity index (χ0v) is 14.8. The number of nitrogens with one attached hydrogen (secondary N) is 1. The maximum atomic E-state index is 12.5. The predicted molar refractivity (Wildman–Crippen MR) is 96.2 cm³/mol. The number of hydrogen-bond donors (Lipinski definition) is 1. The molecule has 4 nitrogen and oxygen atoms in total. The van der Waals surface area contributed by atoms with Crippen molar-refractivity contribution in [1.29, 1.82) is 0 Å². The molecule has 3 rings (SSSR count). The van der Waals surface area contributed by atoms with Crippen LogP contribution in [0.2, 0.25) is 0 Å². The highest BCUT2D eigenvalue weighted by atomic mass is 79.9. The quantitative estimate of drug-likeness (QED) is 0.859. The van der Waals surface area contributed by atoms with Crippen molar-refractivity contribution in [3.8, 4) is 0 Å². The SMILES string of the molecule is Cc1cc(Nc2ccnc(C(=O)N3CCCCC3)c2)ccc1Br. The maximum Gasteiger partial charge on any atom is 0.272 e. The van der Waals surface area contributed by atoms with E-state index in [1.54, 1.807) is 6.20 Å². The van der Waals surface area contributed by atoms with E-state index in [0.717, 1.165) is 47.3 Å². The smallest absolute Gasteiger partial charge is 0.272 e. The number of likely N-dealkylation sites (tertiary alicyclic amines) is 1. The molecule has 1 aliphatic heterocycles. The number of halogens is 1. The molecule has 5 heteroatoms. The summed E-state index contributed by atoms with van der Waals surface area (Å²) in [6, 6.07) is 9.79. The molecule has 120 valence electrons. The van der Waals surface area contributed by atoms with E-state index in [-0.39, 0.29) is 5.91 Å². The first-order valence-electron chi connectivity index (χ1n) is 7.92. The minimum atomic E-state index is 0.0281. The van der Waals surface area contributed by atoms with Crippen molar-refractivity contribution < 1.29 is 4.79 Å². The average molecular weight is 374 g/mol. The first-order chi connectivity index (χ1) is 11.1. The van der Waals surface area contributed by atoms with Crippen molar-refractivity contribution in [2.75, 3.05) is 18.4 Å². The summed E-state index contributed by atoms with van der Waals surface area (Å²) in [5.41, 5.74) is 3.54. The minimum absolute atomic E-state index is 0.0281. The number of pyridine rings is 1. The standard InChI is InChI=1S/C18H20BrN3O/c1-13-11-14(5-6-16(13)19)21-15-7-8-20-17(12-15)18(23)22-9-3-2-4-10-22/h5-8,11-12H,2-4,9-10H2,1H3,(H,20,21). The molecule has 0 saturated carbocycles. The first kappa shape index (κ1) is 16.0. The molecule has 0 unspecified atom stereocenters. The monoisotopic (exact) mass is 373 g/mol. The number of piperidine rings is 1. The van der Waals surface area contributed by atoms with E-state index >= 15 is 0 Å². The summed E-state index contributed by atoms with van der Waals surface area (Å²) in [5.74, 6) is 0.0281. The largest absolute Gasteiger partial charge is 0.355 e. The summed E-state index contributed by atoms with van der Waals surface area (Å²) in [5, 5.41) is 3.34. The van der Waals surface area contributed by atoms with Gasteiger partial charge >= 0.3 is 0 Å². The third-order valence-electron chi connectivity index (χ3n) is 4.07. The van der Waals surface area contributed by atoms with Gasteiger partial charge < -0.3 is 10.2 Å². The predicted octanol–water partition coefficient (Wildman–Crippen LogP) is 4.52. The van der Waals surface area contributed by atoms with Crippen LogP contribution in [0, 0.1) is 6.92 Å². The number of amides is 1. The van der Waals surface area contributed by atoms with E-state index in [0.29, 0.717) is 5.69 Å². The van der Waals surface area contributed by atoms with Crippen LogP contribution in [0.25, 0.3) is 0 Å². The summed E-state index contributed by atoms with van der Waals surface area (Å²) in [6.07, 6.45) is 5.07. The summed E-state index contributed by atoms with van der Waals surface area (Å²) in [7, 11) is 0. The number of aromatic nitrogens is 1. The molecule has 2 aromatic rings. The highest BCUT2D eigenvalue weighted by Crippen LogP contribution is 2.23. The topological polar surface area (TPSA) is 45.2 Å². The third kappa shape index (κ3) is 3.91. The molecule has 1 aromatic heterocycles. The fourth-order valence-corrected chi connectivity index (χ4v) is 3.02. The van der Waals surface area contributed by atoms with Gasteiger partial charge in [-0.3, -0.25) is 9.78 Å². The Labute approximate surface area is 145 Å². The Balaban J connectivity index is 1.76. The van der Waals surface area contributed by atoms with E-state index in [4.69, 9.17) is 0 Å². The molecule has 1 aliphatic rings. The van der Waals surface area contributed by atoms with E-state index in [9.17, 15) is 4.79 Å². The van der Waals surface area contributed by atoms with Crippen LogP contribution in [0.5, 0.6) is 0 Å². The Bertz CT molecular complexity index is 711. The van der Waals surface area contributed by atoms with E-state index in [1.165, 1.54) is 6.42 Å². The Morgan fingerprint density at radius 3 is 2.61 bits per heavy atom. The molecule has 1 N–H and O–H groups in total. The van der Waals surface area contributed by atoms with Gasteiger partial charge in [0.15, 0.2) is 0 Å². The number of carbonyl (C=O) groups excluding carboxylic acids is 1. The zero-order chi connectivity index (χ0) is 16.2. The minimum Gasteiger partial charge on any atom is -0.355 e. The second-order valence-corrected chi connectivity index (χ2v) is 6.73. The van der Waals surface area contributed by atoms with Gasteiger partial charge in [0.1, 0.15) is 5.69 Å². The maximum absolute atomic E-state index is 12.5. The number of nitrogens with zero attached hydrogens (tertiary/aromatic N) is 2. The fraction of sp³-hybridized carbons (Fsp3) is 0.333. The van der Waals surface area contributed by atoms with Crippen LogP contribution in [0.15, 0.2) is 41.0 Å². The normalized spacial score (nSPS) is 14.6. The van der Waals surface area contributed by atoms with Crippen LogP contribution in [0.3, 0.4) is 0 Å². The van der Waals surface area contributed by atoms with Crippen LogP contribution in [0.1, 0.15) is 35.3 Å². The molecular formula is C18H20BrN3O. The lowest BCUT2D eigenvalue weighted by Crippen LogP contribution is -2.36. The number of rotatable bonds is 3. The van der Waals surface area contributed by atoms with Gasteiger partial charge in [0.25, 0.3) is 5.91 Å². The second-order valence-electron chi connectivity index (χ2n) is 5.87. The Morgan fingerprint density at radius 1 is 1.13 bits per heavy atom. The van der Waals surface area contributed by atoms with Crippen molar-refractivity contribution in [2.45, 2.75) is 26.2 Å². The Hall–Kier alpha value is -1.88. The Morgan fingerprint density at radius 2 is 1.87 bits per heavy atom. The van der Waals surface area contributed by atoms with Crippen molar-refractivity contribution >= 4 is 33.2 Å². The lowest BCUT2D eigenvalue weighted by atomic mass is 10.1. The third-order valence-corrected chi connectivity index (χ3v) is 4.96. The molecule has 1 saturated heterocycles. The first-order valence-corrected chi connectivity index (χ1v) is 8.71. The number of anilines is 2. The van der Waals surface area contributed by atoms with Crippen molar-refractivity contribution in [3.63, 3.8) is 0 Å². The van der Waals surface area contributed by atoms with Crippen LogP contribution in [-0.2, 0) is 0 Å². The molecule has 2 heterocycles. The highest BCUT2D eigenvalue weighted by Gasteiger charge is 2.19. The number of benzene rings is 1. The Kier molecular flexibility index (Phi) is 4.96. The number of carbonyl (C=O) groups is 1. The molecular weight excluding hydrogens is 354 g/mol. The number of aryl methyl sites for hydroxylation is 1. The molecule has 0 atom stereocenters. The van der Waals surface area contributed by atoms with Gasteiger partial charge in [-0.05, 0) is 62.1 Å². The van der Waals surface area contributed by atoms with Gasteiger partial charge in [-0.1, -0.05) is 15.9 Å². The summed E-state index contributed by atoms with van der Waals surface area (Å²) < 4.78 is 1.08. The summed E-state index contributed by atoms with van der Waals surface area (Å²) in [6.45, 7) is 3.72. The molecule has 23 heavy (non-hydrogen) atoms. The second kappa shape index (κ2) is 7.13. The van der Waals surface area contributed by atoms with Crippen molar-refractivity contribution in [3.05, 3.63) is 52.3 Å². The zero-order valence-electron chi connectivity index (χ0n) is 13.2. The molecule has 0 bridgehead atoms. The number of hydrogen-bond acceptors (Lipinski definition) is 3. The highest BCUT2D eigenvalue weighted by molar-refractivity contribution is 9.10. The van der Waals surface area contributed by atoms with Crippen LogP contribution >= 0.6 is 15.9 Å². The van der Waals surface area contributed by atoms with Gasteiger partial charge in [-0.2, -0.15) is 0 Å². The van der Waals surface area contributed by atoms with Gasteiger partial charge in [0, 0.05) is 35.1 Å². The van der Waals surface area contributed by atoms with E-state index in [1.807, 2.05) is 36.1 Å². The average Bonchev–Trinajstić information content (AvgIpc) is 2.58. The molecule has 1 aromatic carbocycles. The molecule has 0 radical (unpaired) electrons. The fourth-order valence-electron chi connectivity index (χ4n) is 2.77. The van der Waals surface area contributed by atoms with Gasteiger partial charge in [-0.15, -0.1) is 0 Å².